The van der Waals surface area contributed by atoms with Crippen LogP contribution in [0.25, 0.3) is 6.08 Å². The molecule has 0 bridgehead atoms. The predicted molar refractivity (Wildman–Crippen MR) is 89.2 cm³/mol. The highest BCUT2D eigenvalue weighted by Crippen LogP contribution is 2.32. The summed E-state index contributed by atoms with van der Waals surface area (Å²) in [5.41, 5.74) is 2.17. The van der Waals surface area contributed by atoms with Gasteiger partial charge in [-0.3, -0.25) is 4.90 Å². The summed E-state index contributed by atoms with van der Waals surface area (Å²) in [6, 6.07) is 8.53. The molecule has 1 aromatic carbocycles. The van der Waals surface area contributed by atoms with Crippen LogP contribution in [0.4, 0.5) is 0 Å². The molecule has 1 aliphatic heterocycles. The van der Waals surface area contributed by atoms with Crippen molar-refractivity contribution in [3.63, 3.8) is 0 Å². The minimum absolute atomic E-state index is 0.406. The Morgan fingerprint density at radius 3 is 2.83 bits per heavy atom. The van der Waals surface area contributed by atoms with E-state index in [0.29, 0.717) is 6.04 Å². The van der Waals surface area contributed by atoms with E-state index in [2.05, 4.69) is 32.6 Å². The lowest BCUT2D eigenvalue weighted by Crippen LogP contribution is -2.26. The van der Waals surface area contributed by atoms with E-state index in [1.807, 2.05) is 19.2 Å². The third-order valence-corrected chi connectivity index (χ3v) is 4.43. The molecular formula is C17H21N5O2. The first-order chi connectivity index (χ1) is 11.6. The number of carboxylic acids is 1. The van der Waals surface area contributed by atoms with Crippen LogP contribution in [0, 0.1) is 0 Å². The smallest absolute Gasteiger partial charge is 0.328 e. The number of aryl methyl sites for hydroxylation is 1. The Kier molecular flexibility index (Phi) is 5.00. The number of carboxylic acid groups (broad SMARTS) is 1. The van der Waals surface area contributed by atoms with E-state index in [9.17, 15) is 4.79 Å². The van der Waals surface area contributed by atoms with Crippen molar-refractivity contribution in [2.24, 2.45) is 7.05 Å². The molecule has 0 aliphatic carbocycles. The highest BCUT2D eigenvalue weighted by Gasteiger charge is 2.25. The van der Waals surface area contributed by atoms with Gasteiger partial charge in [-0.1, -0.05) is 24.3 Å². The van der Waals surface area contributed by atoms with E-state index in [-0.39, 0.29) is 0 Å². The van der Waals surface area contributed by atoms with Crippen molar-refractivity contribution in [3.8, 4) is 0 Å². The second kappa shape index (κ2) is 7.35. The summed E-state index contributed by atoms with van der Waals surface area (Å²) in [6.45, 7) is 2.01. The second-order valence-corrected chi connectivity index (χ2v) is 6.00. The zero-order valence-electron chi connectivity index (χ0n) is 13.7. The molecule has 7 heteroatoms. The summed E-state index contributed by atoms with van der Waals surface area (Å²) < 4.78 is 1.72. The van der Waals surface area contributed by atoms with Crippen molar-refractivity contribution >= 4 is 12.0 Å². The SMILES string of the molecule is Cn1nnnc1CCN1CCCC1c1ccc(/C=C/C(=O)O)cc1. The van der Waals surface area contributed by atoms with E-state index < -0.39 is 5.97 Å². The van der Waals surface area contributed by atoms with Crippen LogP contribution in [0.3, 0.4) is 0 Å². The van der Waals surface area contributed by atoms with Gasteiger partial charge in [0.25, 0.3) is 0 Å². The third-order valence-electron chi connectivity index (χ3n) is 4.43. The van der Waals surface area contributed by atoms with E-state index >= 15 is 0 Å². The summed E-state index contributed by atoms with van der Waals surface area (Å²) >= 11 is 0. The standard InChI is InChI=1S/C17H21N5O2/c1-21-16(18-19-20-21)10-12-22-11-2-3-15(22)14-7-4-13(5-8-14)6-9-17(23)24/h4-9,15H,2-3,10-12H2,1H3,(H,23,24)/b9-6+. The quantitative estimate of drug-likeness (QED) is 0.813. The molecule has 3 rings (SSSR count). The molecule has 2 heterocycles. The fourth-order valence-electron chi connectivity index (χ4n) is 3.17. The molecule has 1 N–H and O–H groups in total. The van der Waals surface area contributed by atoms with Crippen LogP contribution in [0.1, 0.15) is 35.8 Å². The lowest BCUT2D eigenvalue weighted by atomic mass is 10.0. The molecule has 0 amide bonds. The predicted octanol–water partition coefficient (Wildman–Crippen LogP) is 1.69. The van der Waals surface area contributed by atoms with Crippen LogP contribution in [-0.4, -0.2) is 49.3 Å². The molecule has 0 saturated carbocycles. The molecule has 1 fully saturated rings. The van der Waals surface area contributed by atoms with Gasteiger partial charge in [-0.15, -0.1) is 5.10 Å². The lowest BCUT2D eigenvalue weighted by Gasteiger charge is -2.24. The first-order valence-corrected chi connectivity index (χ1v) is 8.10. The topological polar surface area (TPSA) is 84.1 Å². The number of rotatable bonds is 6. The number of aliphatic carboxylic acids is 1. The number of likely N-dealkylation sites (tertiary alicyclic amines) is 1. The summed E-state index contributed by atoms with van der Waals surface area (Å²) in [7, 11) is 1.86. The number of carbonyl (C=O) groups is 1. The molecule has 1 saturated heterocycles. The molecule has 1 unspecified atom stereocenters. The van der Waals surface area contributed by atoms with Gasteiger partial charge in [-0.2, -0.15) is 0 Å². The molecule has 126 valence electrons. The van der Waals surface area contributed by atoms with Crippen molar-refractivity contribution in [3.05, 3.63) is 47.3 Å². The minimum atomic E-state index is -0.931. The van der Waals surface area contributed by atoms with Gasteiger partial charge < -0.3 is 5.11 Å². The van der Waals surface area contributed by atoms with Crippen molar-refractivity contribution < 1.29 is 9.90 Å². The van der Waals surface area contributed by atoms with Crippen LogP contribution in [-0.2, 0) is 18.3 Å². The largest absolute Gasteiger partial charge is 0.478 e. The third kappa shape index (κ3) is 3.86. The number of hydrogen-bond donors (Lipinski definition) is 1. The van der Waals surface area contributed by atoms with Crippen molar-refractivity contribution in [1.29, 1.82) is 0 Å². The van der Waals surface area contributed by atoms with Crippen LogP contribution in [0.2, 0.25) is 0 Å². The van der Waals surface area contributed by atoms with Crippen molar-refractivity contribution in [1.82, 2.24) is 25.1 Å². The second-order valence-electron chi connectivity index (χ2n) is 6.00. The Hall–Kier alpha value is -2.54. The van der Waals surface area contributed by atoms with Gasteiger partial charge in [-0.25, -0.2) is 9.48 Å². The molecule has 7 nitrogen and oxygen atoms in total. The maximum absolute atomic E-state index is 10.6. The lowest BCUT2D eigenvalue weighted by molar-refractivity contribution is -0.131. The van der Waals surface area contributed by atoms with Gasteiger partial charge >= 0.3 is 5.97 Å². The Labute approximate surface area is 140 Å². The van der Waals surface area contributed by atoms with Crippen LogP contribution in [0.5, 0.6) is 0 Å². The van der Waals surface area contributed by atoms with Gasteiger partial charge in [0.15, 0.2) is 5.82 Å². The monoisotopic (exact) mass is 327 g/mol. The normalized spacial score (nSPS) is 18.5. The average Bonchev–Trinajstić information content (AvgIpc) is 3.20. The summed E-state index contributed by atoms with van der Waals surface area (Å²) in [6.07, 6.45) is 5.93. The van der Waals surface area contributed by atoms with Crippen LogP contribution >= 0.6 is 0 Å². The van der Waals surface area contributed by atoms with Gasteiger partial charge in [0.1, 0.15) is 0 Å². The number of hydrogen-bond acceptors (Lipinski definition) is 5. The van der Waals surface area contributed by atoms with Gasteiger partial charge in [-0.05, 0) is 47.0 Å². The molecule has 0 radical (unpaired) electrons. The maximum atomic E-state index is 10.6. The number of aromatic nitrogens is 4. The number of tetrazole rings is 1. The Balaban J connectivity index is 1.64. The fourth-order valence-corrected chi connectivity index (χ4v) is 3.17. The summed E-state index contributed by atoms with van der Waals surface area (Å²) in [4.78, 5) is 13.0. The summed E-state index contributed by atoms with van der Waals surface area (Å²) in [5.74, 6) is -0.0332. The number of nitrogens with zero attached hydrogens (tertiary/aromatic N) is 5. The number of benzene rings is 1. The van der Waals surface area contributed by atoms with Crippen molar-refractivity contribution in [2.45, 2.75) is 25.3 Å². The van der Waals surface area contributed by atoms with Gasteiger partial charge in [0, 0.05) is 32.1 Å². The zero-order chi connectivity index (χ0) is 16.9. The Bertz CT molecular complexity index is 723. The molecular weight excluding hydrogens is 306 g/mol. The highest BCUT2D eigenvalue weighted by atomic mass is 16.4. The van der Waals surface area contributed by atoms with Crippen molar-refractivity contribution in [2.75, 3.05) is 13.1 Å². The van der Waals surface area contributed by atoms with E-state index in [1.54, 1.807) is 10.8 Å². The minimum Gasteiger partial charge on any atom is -0.478 e. The Morgan fingerprint density at radius 1 is 1.38 bits per heavy atom. The van der Waals surface area contributed by atoms with E-state index in [1.165, 1.54) is 12.0 Å². The molecule has 1 aliphatic rings. The fraction of sp³-hybridized carbons (Fsp3) is 0.412. The molecule has 2 aromatic rings. The van der Waals surface area contributed by atoms with Gasteiger partial charge in [0.05, 0.1) is 0 Å². The maximum Gasteiger partial charge on any atom is 0.328 e. The van der Waals surface area contributed by atoms with E-state index in [0.717, 1.165) is 43.4 Å². The average molecular weight is 327 g/mol. The highest BCUT2D eigenvalue weighted by molar-refractivity contribution is 5.85. The zero-order valence-corrected chi connectivity index (χ0v) is 13.7. The Morgan fingerprint density at radius 2 is 2.17 bits per heavy atom. The molecule has 1 aromatic heterocycles. The van der Waals surface area contributed by atoms with Crippen LogP contribution in [0.15, 0.2) is 30.3 Å². The summed E-state index contributed by atoms with van der Waals surface area (Å²) in [5, 5.41) is 20.3. The first-order valence-electron chi connectivity index (χ1n) is 8.10. The van der Waals surface area contributed by atoms with Gasteiger partial charge in [0.2, 0.25) is 0 Å². The molecule has 24 heavy (non-hydrogen) atoms. The van der Waals surface area contributed by atoms with E-state index in [4.69, 9.17) is 5.11 Å². The molecule has 0 spiro atoms. The first kappa shape index (κ1) is 16.3. The van der Waals surface area contributed by atoms with Crippen LogP contribution < -0.4 is 0 Å². The molecule has 1 atom stereocenters.